The molecule has 0 atom stereocenters. The van der Waals surface area contributed by atoms with Crippen LogP contribution in [0.4, 0.5) is 0 Å². The summed E-state index contributed by atoms with van der Waals surface area (Å²) in [6.07, 6.45) is 2.30. The Morgan fingerprint density at radius 1 is 1.11 bits per heavy atom. The zero-order valence-corrected chi connectivity index (χ0v) is 19.7. The molecule has 0 bridgehead atoms. The third-order valence-electron chi connectivity index (χ3n) is 5.17. The van der Waals surface area contributed by atoms with E-state index >= 15 is 0 Å². The lowest BCUT2D eigenvalue weighted by Crippen LogP contribution is -2.54. The molecule has 3 heterocycles. The molecule has 0 aliphatic carbocycles. The lowest BCUT2D eigenvalue weighted by atomic mass is 10.3. The molecule has 2 aliphatic rings. The van der Waals surface area contributed by atoms with Gasteiger partial charge in [-0.05, 0) is 26.7 Å². The van der Waals surface area contributed by atoms with Crippen LogP contribution in [0.1, 0.15) is 28.4 Å². The number of halogens is 1. The molecule has 0 radical (unpaired) electrons. The Bertz CT molecular complexity index is 631. The maximum absolute atomic E-state index is 12.3. The minimum atomic E-state index is 0. The second-order valence-corrected chi connectivity index (χ2v) is 8.29. The van der Waals surface area contributed by atoms with Crippen molar-refractivity contribution in [2.45, 2.75) is 33.2 Å². The number of guanidine groups is 1. The number of amides is 1. The molecule has 1 N–H and O–H groups in total. The highest BCUT2D eigenvalue weighted by atomic mass is 127. The lowest BCUT2D eigenvalue weighted by Gasteiger charge is -2.36. The number of rotatable bonds is 4. The maximum Gasteiger partial charge on any atom is 0.236 e. The number of aliphatic imine (C=N–C) groups is 1. The second kappa shape index (κ2) is 10.6. The number of nitrogens with zero attached hydrogens (tertiary/aromatic N) is 5. The van der Waals surface area contributed by atoms with Gasteiger partial charge in [0.25, 0.3) is 0 Å². The molecule has 1 aromatic rings. The van der Waals surface area contributed by atoms with Crippen LogP contribution < -0.4 is 5.32 Å². The summed E-state index contributed by atoms with van der Waals surface area (Å²) in [7, 11) is 1.82. The van der Waals surface area contributed by atoms with Crippen molar-refractivity contribution in [1.82, 2.24) is 25.0 Å². The van der Waals surface area contributed by atoms with Crippen LogP contribution in [0.25, 0.3) is 0 Å². The van der Waals surface area contributed by atoms with Crippen molar-refractivity contribution in [3.8, 4) is 0 Å². The van der Waals surface area contributed by atoms with E-state index in [-0.39, 0.29) is 29.9 Å². The Balaban J connectivity index is 0.00000261. The Labute approximate surface area is 183 Å². The van der Waals surface area contributed by atoms with E-state index in [1.165, 1.54) is 4.88 Å². The van der Waals surface area contributed by atoms with Crippen LogP contribution in [0, 0.1) is 13.8 Å². The van der Waals surface area contributed by atoms with Crippen LogP contribution in [0.15, 0.2) is 4.99 Å². The van der Waals surface area contributed by atoms with E-state index in [1.54, 1.807) is 11.3 Å². The molecule has 27 heavy (non-hydrogen) atoms. The molecular formula is C18H31IN6OS. The van der Waals surface area contributed by atoms with Gasteiger partial charge in [-0.3, -0.25) is 14.7 Å². The Kier molecular flexibility index (Phi) is 8.74. The number of nitrogens with one attached hydrogen (secondary N) is 1. The van der Waals surface area contributed by atoms with E-state index in [0.29, 0.717) is 13.1 Å². The van der Waals surface area contributed by atoms with Gasteiger partial charge in [0.1, 0.15) is 5.01 Å². The minimum absolute atomic E-state index is 0. The lowest BCUT2D eigenvalue weighted by molar-refractivity contribution is -0.131. The average molecular weight is 506 g/mol. The fraction of sp³-hybridized carbons (Fsp3) is 0.722. The first-order valence-corrected chi connectivity index (χ1v) is 10.3. The topological polar surface area (TPSA) is 64.1 Å². The summed E-state index contributed by atoms with van der Waals surface area (Å²) in [5, 5.41) is 4.52. The van der Waals surface area contributed by atoms with Crippen molar-refractivity contribution in [2.24, 2.45) is 4.99 Å². The highest BCUT2D eigenvalue weighted by Gasteiger charge is 2.24. The van der Waals surface area contributed by atoms with Crippen molar-refractivity contribution in [3.63, 3.8) is 0 Å². The highest BCUT2D eigenvalue weighted by Crippen LogP contribution is 2.16. The summed E-state index contributed by atoms with van der Waals surface area (Å²) in [6.45, 7) is 10.9. The molecule has 0 saturated carbocycles. The van der Waals surface area contributed by atoms with Gasteiger partial charge in [-0.1, -0.05) is 0 Å². The number of carbonyl (C=O) groups excluding carboxylic acids is 1. The fourth-order valence-corrected chi connectivity index (χ4v) is 4.35. The van der Waals surface area contributed by atoms with Gasteiger partial charge in [0, 0.05) is 51.2 Å². The molecule has 1 amide bonds. The molecule has 2 saturated heterocycles. The summed E-state index contributed by atoms with van der Waals surface area (Å²) in [6, 6.07) is 0. The molecular weight excluding hydrogens is 475 g/mol. The van der Waals surface area contributed by atoms with E-state index in [0.717, 1.165) is 68.8 Å². The van der Waals surface area contributed by atoms with Crippen LogP contribution in [-0.2, 0) is 11.3 Å². The van der Waals surface area contributed by atoms with Gasteiger partial charge in [-0.2, -0.15) is 0 Å². The van der Waals surface area contributed by atoms with Crippen molar-refractivity contribution >= 4 is 47.2 Å². The van der Waals surface area contributed by atoms with E-state index in [2.05, 4.69) is 32.0 Å². The first kappa shape index (κ1) is 22.4. The Morgan fingerprint density at radius 2 is 1.78 bits per heavy atom. The number of aryl methyl sites for hydroxylation is 2. The van der Waals surface area contributed by atoms with Crippen LogP contribution in [-0.4, -0.2) is 84.4 Å². The number of likely N-dealkylation sites (tertiary alicyclic amines) is 1. The number of hydrogen-bond acceptors (Lipinski definition) is 5. The molecule has 0 unspecified atom stereocenters. The first-order valence-electron chi connectivity index (χ1n) is 9.45. The predicted octanol–water partition coefficient (Wildman–Crippen LogP) is 1.69. The Hall–Kier alpha value is -0.940. The molecule has 2 fully saturated rings. The largest absolute Gasteiger partial charge is 0.350 e. The number of aromatic nitrogens is 1. The quantitative estimate of drug-likeness (QED) is 0.383. The standard InChI is InChI=1S/C18H30N6OS.HI/c1-14-15(2)26-16(21-14)12-20-18(19-3)24-10-8-22(9-11-24)13-17(25)23-6-4-5-7-23;/h4-13H2,1-3H3,(H,19,20);1H. The number of carbonyl (C=O) groups is 1. The summed E-state index contributed by atoms with van der Waals surface area (Å²) in [5.41, 5.74) is 1.11. The van der Waals surface area contributed by atoms with Gasteiger partial charge in [0.2, 0.25) is 5.91 Å². The molecule has 2 aliphatic heterocycles. The van der Waals surface area contributed by atoms with Crippen molar-refractivity contribution < 1.29 is 4.79 Å². The molecule has 1 aromatic heterocycles. The molecule has 7 nitrogen and oxygen atoms in total. The van der Waals surface area contributed by atoms with Crippen LogP contribution in [0.3, 0.4) is 0 Å². The predicted molar refractivity (Wildman–Crippen MR) is 121 cm³/mol. The normalized spacial score (nSPS) is 18.6. The second-order valence-electron chi connectivity index (χ2n) is 7.00. The number of thiazole rings is 1. The van der Waals surface area contributed by atoms with Crippen molar-refractivity contribution in [2.75, 3.05) is 52.9 Å². The van der Waals surface area contributed by atoms with Crippen LogP contribution in [0.2, 0.25) is 0 Å². The van der Waals surface area contributed by atoms with Crippen LogP contribution in [0.5, 0.6) is 0 Å². The van der Waals surface area contributed by atoms with Gasteiger partial charge >= 0.3 is 0 Å². The van der Waals surface area contributed by atoms with Gasteiger partial charge in [0.15, 0.2) is 5.96 Å². The van der Waals surface area contributed by atoms with Gasteiger partial charge < -0.3 is 15.1 Å². The zero-order chi connectivity index (χ0) is 18.5. The summed E-state index contributed by atoms with van der Waals surface area (Å²) in [5.74, 6) is 1.20. The average Bonchev–Trinajstić information content (AvgIpc) is 3.27. The number of piperazine rings is 1. The third-order valence-corrected chi connectivity index (χ3v) is 6.24. The molecule has 3 rings (SSSR count). The number of hydrogen-bond donors (Lipinski definition) is 1. The molecule has 0 spiro atoms. The highest BCUT2D eigenvalue weighted by molar-refractivity contribution is 14.0. The summed E-state index contributed by atoms with van der Waals surface area (Å²) in [4.78, 5) is 29.1. The van der Waals surface area contributed by atoms with E-state index in [4.69, 9.17) is 0 Å². The third kappa shape index (κ3) is 6.02. The summed E-state index contributed by atoms with van der Waals surface area (Å²) < 4.78 is 0. The smallest absolute Gasteiger partial charge is 0.236 e. The maximum atomic E-state index is 12.3. The monoisotopic (exact) mass is 506 g/mol. The Morgan fingerprint density at radius 3 is 2.33 bits per heavy atom. The SMILES string of the molecule is CN=C(NCc1nc(C)c(C)s1)N1CCN(CC(=O)N2CCCC2)CC1.I. The minimum Gasteiger partial charge on any atom is -0.350 e. The van der Waals surface area contributed by atoms with Gasteiger partial charge in [0.05, 0.1) is 18.8 Å². The fourth-order valence-electron chi connectivity index (χ4n) is 3.48. The van der Waals surface area contributed by atoms with E-state index < -0.39 is 0 Å². The molecule has 9 heteroatoms. The van der Waals surface area contributed by atoms with Crippen LogP contribution >= 0.6 is 35.3 Å². The van der Waals surface area contributed by atoms with Crippen molar-refractivity contribution in [3.05, 3.63) is 15.6 Å². The van der Waals surface area contributed by atoms with E-state index in [9.17, 15) is 4.79 Å². The molecule has 0 aromatic carbocycles. The van der Waals surface area contributed by atoms with Gasteiger partial charge in [-0.15, -0.1) is 35.3 Å². The molecule has 152 valence electrons. The zero-order valence-electron chi connectivity index (χ0n) is 16.5. The van der Waals surface area contributed by atoms with E-state index in [1.807, 2.05) is 18.9 Å². The first-order chi connectivity index (χ1) is 12.6. The van der Waals surface area contributed by atoms with Gasteiger partial charge in [-0.25, -0.2) is 4.98 Å². The summed E-state index contributed by atoms with van der Waals surface area (Å²) >= 11 is 1.74. The van der Waals surface area contributed by atoms with Crippen molar-refractivity contribution in [1.29, 1.82) is 0 Å².